The second kappa shape index (κ2) is 5.65. The van der Waals surface area contributed by atoms with Crippen molar-refractivity contribution in [2.75, 3.05) is 32.1 Å². The van der Waals surface area contributed by atoms with Gasteiger partial charge in [-0.05, 0) is 31.6 Å². The van der Waals surface area contributed by atoms with Gasteiger partial charge in [-0.2, -0.15) is 0 Å². The fraction of sp³-hybridized carbons (Fsp3) is 1.00. The van der Waals surface area contributed by atoms with Gasteiger partial charge >= 0.3 is 0 Å². The first-order valence-corrected chi connectivity index (χ1v) is 7.93. The molecular formula is C11H21NO4S. The molecule has 0 bridgehead atoms. The van der Waals surface area contributed by atoms with Crippen LogP contribution in [0.2, 0.25) is 0 Å². The number of nitrogens with zero attached hydrogens (tertiary/aromatic N) is 1. The largest absolute Gasteiger partial charge is 0.396 e. The lowest BCUT2D eigenvalue weighted by atomic mass is 10.1. The third-order valence-electron chi connectivity index (χ3n) is 3.62. The van der Waals surface area contributed by atoms with Crippen LogP contribution in [0.5, 0.6) is 0 Å². The Bertz CT molecular complexity index is 337. The van der Waals surface area contributed by atoms with Crippen molar-refractivity contribution in [1.29, 1.82) is 0 Å². The van der Waals surface area contributed by atoms with E-state index in [9.17, 15) is 8.42 Å². The first-order valence-electron chi connectivity index (χ1n) is 6.32. The Kier molecular flexibility index (Phi) is 4.41. The van der Waals surface area contributed by atoms with E-state index in [0.717, 1.165) is 25.9 Å². The van der Waals surface area contributed by atoms with Crippen molar-refractivity contribution < 1.29 is 18.3 Å². The van der Waals surface area contributed by atoms with Crippen LogP contribution in [0.4, 0.5) is 0 Å². The van der Waals surface area contributed by atoms with Crippen LogP contribution in [0.1, 0.15) is 25.7 Å². The number of aliphatic hydroxyl groups excluding tert-OH is 1. The minimum absolute atomic E-state index is 0.0811. The molecule has 0 amide bonds. The molecule has 0 aromatic carbocycles. The fourth-order valence-corrected chi connectivity index (χ4v) is 4.12. The first kappa shape index (κ1) is 13.3. The fourth-order valence-electron chi connectivity index (χ4n) is 2.48. The summed E-state index contributed by atoms with van der Waals surface area (Å²) < 4.78 is 31.0. The summed E-state index contributed by atoms with van der Waals surface area (Å²) in [6.07, 6.45) is 3.52. The summed E-state index contributed by atoms with van der Waals surface area (Å²) in [5, 5.41) is 9.01. The molecule has 100 valence electrons. The molecule has 0 aliphatic carbocycles. The van der Waals surface area contributed by atoms with Crippen LogP contribution >= 0.6 is 0 Å². The number of ether oxygens (including phenoxy) is 1. The number of sulfonamides is 1. The minimum Gasteiger partial charge on any atom is -0.396 e. The molecule has 5 nitrogen and oxygen atoms in total. The summed E-state index contributed by atoms with van der Waals surface area (Å²) in [6, 6.07) is 0. The molecule has 17 heavy (non-hydrogen) atoms. The van der Waals surface area contributed by atoms with E-state index in [0.29, 0.717) is 19.5 Å². The molecule has 0 radical (unpaired) electrons. The summed E-state index contributed by atoms with van der Waals surface area (Å²) in [6.45, 7) is 1.88. The standard InChI is InChI=1S/C11H21NO4S/c13-9-10-3-5-12(8-10)17(14,15)7-4-11-2-1-6-16-11/h10-11,13H,1-9H2/t10-,11+/m0/s1. The number of hydrogen-bond donors (Lipinski definition) is 1. The molecule has 0 aromatic heterocycles. The molecule has 2 fully saturated rings. The SMILES string of the molecule is O=S(=O)(CC[C@H]1CCCO1)N1CC[C@H](CO)C1. The Morgan fingerprint density at radius 2 is 2.18 bits per heavy atom. The molecule has 0 aromatic rings. The van der Waals surface area contributed by atoms with Gasteiger partial charge in [-0.25, -0.2) is 12.7 Å². The van der Waals surface area contributed by atoms with Gasteiger partial charge in [0.15, 0.2) is 0 Å². The third kappa shape index (κ3) is 3.40. The molecule has 2 aliphatic heterocycles. The molecule has 2 saturated heterocycles. The molecule has 6 heteroatoms. The predicted octanol–water partition coefficient (Wildman–Crippen LogP) is 0.200. The van der Waals surface area contributed by atoms with Crippen molar-refractivity contribution in [3.63, 3.8) is 0 Å². The monoisotopic (exact) mass is 263 g/mol. The van der Waals surface area contributed by atoms with E-state index in [1.165, 1.54) is 4.31 Å². The van der Waals surface area contributed by atoms with Gasteiger partial charge in [-0.15, -0.1) is 0 Å². The van der Waals surface area contributed by atoms with Crippen molar-refractivity contribution in [2.24, 2.45) is 5.92 Å². The zero-order chi connectivity index (χ0) is 12.3. The molecule has 0 saturated carbocycles. The normalized spacial score (nSPS) is 31.1. The van der Waals surface area contributed by atoms with Crippen molar-refractivity contribution in [3.05, 3.63) is 0 Å². The molecule has 2 aliphatic rings. The highest BCUT2D eigenvalue weighted by Crippen LogP contribution is 2.21. The maximum atomic E-state index is 12.0. The van der Waals surface area contributed by atoms with Gasteiger partial charge in [0.1, 0.15) is 0 Å². The van der Waals surface area contributed by atoms with E-state index in [2.05, 4.69) is 0 Å². The highest BCUT2D eigenvalue weighted by atomic mass is 32.2. The van der Waals surface area contributed by atoms with Gasteiger partial charge in [-0.1, -0.05) is 0 Å². The van der Waals surface area contributed by atoms with E-state index in [4.69, 9.17) is 9.84 Å². The zero-order valence-corrected chi connectivity index (χ0v) is 10.9. The summed E-state index contributed by atoms with van der Waals surface area (Å²) >= 11 is 0. The lowest BCUT2D eigenvalue weighted by Gasteiger charge is -2.17. The molecule has 1 N–H and O–H groups in total. The van der Waals surface area contributed by atoms with Gasteiger partial charge < -0.3 is 9.84 Å². The van der Waals surface area contributed by atoms with Crippen molar-refractivity contribution in [3.8, 4) is 0 Å². The Hall–Kier alpha value is -0.170. The van der Waals surface area contributed by atoms with Crippen LogP contribution in [0.3, 0.4) is 0 Å². The highest BCUT2D eigenvalue weighted by molar-refractivity contribution is 7.89. The van der Waals surface area contributed by atoms with E-state index >= 15 is 0 Å². The average molecular weight is 263 g/mol. The number of aliphatic hydroxyl groups is 1. The molecule has 0 spiro atoms. The van der Waals surface area contributed by atoms with E-state index in [-0.39, 0.29) is 24.4 Å². The van der Waals surface area contributed by atoms with Gasteiger partial charge in [0, 0.05) is 26.3 Å². The summed E-state index contributed by atoms with van der Waals surface area (Å²) in [5.74, 6) is 0.294. The molecule has 2 heterocycles. The molecular weight excluding hydrogens is 242 g/mol. The van der Waals surface area contributed by atoms with Gasteiger partial charge in [0.2, 0.25) is 10.0 Å². The lowest BCUT2D eigenvalue weighted by molar-refractivity contribution is 0.108. The van der Waals surface area contributed by atoms with Crippen molar-refractivity contribution in [1.82, 2.24) is 4.31 Å². The summed E-state index contributed by atoms with van der Waals surface area (Å²) in [5.41, 5.74) is 0. The Balaban J connectivity index is 1.81. The minimum atomic E-state index is -3.15. The van der Waals surface area contributed by atoms with Gasteiger partial charge in [0.25, 0.3) is 0 Å². The van der Waals surface area contributed by atoms with Crippen LogP contribution in [0.15, 0.2) is 0 Å². The molecule has 2 rings (SSSR count). The smallest absolute Gasteiger partial charge is 0.214 e. The van der Waals surface area contributed by atoms with Gasteiger partial charge in [0.05, 0.1) is 11.9 Å². The molecule has 0 unspecified atom stereocenters. The maximum absolute atomic E-state index is 12.0. The van der Waals surface area contributed by atoms with Crippen LogP contribution < -0.4 is 0 Å². The third-order valence-corrected chi connectivity index (χ3v) is 5.49. The van der Waals surface area contributed by atoms with Crippen molar-refractivity contribution in [2.45, 2.75) is 31.8 Å². The van der Waals surface area contributed by atoms with Crippen LogP contribution in [-0.4, -0.2) is 56.0 Å². The van der Waals surface area contributed by atoms with E-state index in [1.54, 1.807) is 0 Å². The topological polar surface area (TPSA) is 66.8 Å². The number of hydrogen-bond acceptors (Lipinski definition) is 4. The molecule has 2 atom stereocenters. The highest BCUT2D eigenvalue weighted by Gasteiger charge is 2.31. The Labute approximate surface area is 103 Å². The Morgan fingerprint density at radius 1 is 1.35 bits per heavy atom. The second-order valence-electron chi connectivity index (χ2n) is 4.94. The van der Waals surface area contributed by atoms with Gasteiger partial charge in [-0.3, -0.25) is 0 Å². The Morgan fingerprint density at radius 3 is 2.76 bits per heavy atom. The number of rotatable bonds is 5. The quantitative estimate of drug-likeness (QED) is 0.769. The van der Waals surface area contributed by atoms with E-state index in [1.807, 2.05) is 0 Å². The first-order chi connectivity index (χ1) is 8.12. The zero-order valence-electron chi connectivity index (χ0n) is 10.0. The lowest BCUT2D eigenvalue weighted by Crippen LogP contribution is -2.32. The van der Waals surface area contributed by atoms with Crippen LogP contribution in [0.25, 0.3) is 0 Å². The maximum Gasteiger partial charge on any atom is 0.214 e. The second-order valence-corrected chi connectivity index (χ2v) is 7.02. The van der Waals surface area contributed by atoms with Crippen LogP contribution in [-0.2, 0) is 14.8 Å². The van der Waals surface area contributed by atoms with Crippen molar-refractivity contribution >= 4 is 10.0 Å². The average Bonchev–Trinajstić information content (AvgIpc) is 2.98. The summed E-state index contributed by atoms with van der Waals surface area (Å²) in [7, 11) is -3.15. The predicted molar refractivity (Wildman–Crippen MR) is 64.1 cm³/mol. The summed E-state index contributed by atoms with van der Waals surface area (Å²) in [4.78, 5) is 0. The van der Waals surface area contributed by atoms with E-state index < -0.39 is 10.0 Å². The van der Waals surface area contributed by atoms with Crippen LogP contribution in [0, 0.1) is 5.92 Å².